The van der Waals surface area contributed by atoms with Crippen molar-refractivity contribution in [2.45, 2.75) is 38.2 Å². The number of aromatic nitrogens is 2. The molecular weight excluding hydrogens is 446 g/mol. The summed E-state index contributed by atoms with van der Waals surface area (Å²) in [4.78, 5) is 21.9. The SMILES string of the molecule is COc1ccc2nccc([C@@H](O)CCC3CCN(CC#Cc4cocn4)CC3CCC(=O)O)c2c1. The van der Waals surface area contributed by atoms with Gasteiger partial charge in [-0.25, -0.2) is 4.98 Å². The van der Waals surface area contributed by atoms with E-state index in [2.05, 4.69) is 26.7 Å². The van der Waals surface area contributed by atoms with Crippen LogP contribution >= 0.6 is 0 Å². The molecule has 8 heteroatoms. The lowest BCUT2D eigenvalue weighted by Gasteiger charge is -2.38. The van der Waals surface area contributed by atoms with Crippen LogP contribution in [0, 0.1) is 23.7 Å². The van der Waals surface area contributed by atoms with Crippen LogP contribution in [0.4, 0.5) is 0 Å². The van der Waals surface area contributed by atoms with Gasteiger partial charge in [0.05, 0.1) is 25.3 Å². The Bertz CT molecular complexity index is 1180. The number of oxazole rings is 1. The number of ether oxygens (including phenoxy) is 1. The van der Waals surface area contributed by atoms with Crippen LogP contribution in [0.25, 0.3) is 10.9 Å². The van der Waals surface area contributed by atoms with Gasteiger partial charge in [0, 0.05) is 24.5 Å². The quantitative estimate of drug-likeness (QED) is 0.447. The Kier molecular flexibility index (Phi) is 8.35. The first-order valence-electron chi connectivity index (χ1n) is 12.0. The van der Waals surface area contributed by atoms with Crippen LogP contribution in [-0.4, -0.2) is 57.8 Å². The average Bonchev–Trinajstić information content (AvgIpc) is 3.39. The lowest BCUT2D eigenvalue weighted by molar-refractivity contribution is -0.137. The van der Waals surface area contributed by atoms with Crippen LogP contribution in [0.3, 0.4) is 0 Å². The van der Waals surface area contributed by atoms with Crippen molar-refractivity contribution in [1.29, 1.82) is 0 Å². The largest absolute Gasteiger partial charge is 0.497 e. The van der Waals surface area contributed by atoms with Crippen molar-refractivity contribution in [3.8, 4) is 17.6 Å². The first-order chi connectivity index (χ1) is 17.0. The molecule has 1 aliphatic rings. The van der Waals surface area contributed by atoms with Gasteiger partial charge >= 0.3 is 5.97 Å². The number of carboxylic acid groups (broad SMARTS) is 1. The number of nitrogens with zero attached hydrogens (tertiary/aromatic N) is 3. The number of pyridine rings is 1. The second-order valence-electron chi connectivity index (χ2n) is 9.03. The number of likely N-dealkylation sites (tertiary alicyclic amines) is 1. The van der Waals surface area contributed by atoms with Gasteiger partial charge < -0.3 is 19.4 Å². The van der Waals surface area contributed by atoms with Crippen LogP contribution in [0.5, 0.6) is 5.75 Å². The summed E-state index contributed by atoms with van der Waals surface area (Å²) in [5, 5.41) is 21.2. The Morgan fingerprint density at radius 1 is 1.29 bits per heavy atom. The van der Waals surface area contributed by atoms with Crippen LogP contribution < -0.4 is 4.74 Å². The van der Waals surface area contributed by atoms with Gasteiger partial charge in [-0.3, -0.25) is 14.7 Å². The number of fused-ring (bicyclic) bond motifs is 1. The van der Waals surface area contributed by atoms with Gasteiger partial charge in [-0.1, -0.05) is 5.92 Å². The molecule has 184 valence electrons. The van der Waals surface area contributed by atoms with E-state index in [1.807, 2.05) is 24.3 Å². The summed E-state index contributed by atoms with van der Waals surface area (Å²) in [6.07, 6.45) is 7.14. The molecule has 0 radical (unpaired) electrons. The minimum absolute atomic E-state index is 0.150. The first-order valence-corrected chi connectivity index (χ1v) is 12.0. The monoisotopic (exact) mass is 477 g/mol. The molecule has 1 saturated heterocycles. The fraction of sp³-hybridized carbons (Fsp3) is 0.444. The summed E-state index contributed by atoms with van der Waals surface area (Å²) < 4.78 is 10.3. The van der Waals surface area contributed by atoms with E-state index in [1.165, 1.54) is 12.7 Å². The summed E-state index contributed by atoms with van der Waals surface area (Å²) in [5.41, 5.74) is 2.27. The van der Waals surface area contributed by atoms with Gasteiger partial charge in [-0.2, -0.15) is 0 Å². The lowest BCUT2D eigenvalue weighted by atomic mass is 9.79. The third kappa shape index (κ3) is 6.59. The zero-order chi connectivity index (χ0) is 24.6. The van der Waals surface area contributed by atoms with Crippen LogP contribution in [0.1, 0.15) is 49.5 Å². The molecule has 8 nitrogen and oxygen atoms in total. The summed E-state index contributed by atoms with van der Waals surface area (Å²) >= 11 is 0. The van der Waals surface area contributed by atoms with Gasteiger partial charge in [-0.05, 0) is 79.8 Å². The number of hydrogen-bond acceptors (Lipinski definition) is 7. The van der Waals surface area contributed by atoms with E-state index in [-0.39, 0.29) is 12.3 Å². The van der Waals surface area contributed by atoms with Gasteiger partial charge in [0.2, 0.25) is 0 Å². The molecule has 0 amide bonds. The Morgan fingerprint density at radius 3 is 2.94 bits per heavy atom. The predicted molar refractivity (Wildman–Crippen MR) is 131 cm³/mol. The number of aliphatic hydroxyl groups excluding tert-OH is 1. The number of carboxylic acids is 1. The second kappa shape index (κ2) is 11.8. The highest BCUT2D eigenvalue weighted by molar-refractivity contribution is 5.83. The zero-order valence-corrected chi connectivity index (χ0v) is 19.9. The molecule has 35 heavy (non-hydrogen) atoms. The molecule has 1 fully saturated rings. The van der Waals surface area contributed by atoms with Crippen molar-refractivity contribution >= 4 is 16.9 Å². The molecule has 2 unspecified atom stereocenters. The number of methoxy groups -OCH3 is 1. The maximum absolute atomic E-state index is 11.3. The minimum Gasteiger partial charge on any atom is -0.497 e. The van der Waals surface area contributed by atoms with E-state index in [9.17, 15) is 15.0 Å². The number of hydrogen-bond donors (Lipinski definition) is 2. The Labute approximate surface area is 204 Å². The molecule has 0 saturated carbocycles. The zero-order valence-electron chi connectivity index (χ0n) is 19.9. The number of aliphatic carboxylic acids is 1. The van der Waals surface area contributed by atoms with Crippen LogP contribution in [0.2, 0.25) is 0 Å². The molecule has 4 rings (SSSR count). The highest BCUT2D eigenvalue weighted by Crippen LogP contribution is 2.35. The van der Waals surface area contributed by atoms with E-state index in [1.54, 1.807) is 13.3 Å². The molecule has 0 spiro atoms. The van der Waals surface area contributed by atoms with Crippen molar-refractivity contribution in [1.82, 2.24) is 14.9 Å². The number of benzene rings is 1. The number of carbonyl (C=O) groups is 1. The topological polar surface area (TPSA) is 109 Å². The molecule has 2 aromatic heterocycles. The maximum Gasteiger partial charge on any atom is 0.303 e. The molecule has 3 heterocycles. The van der Waals surface area contributed by atoms with E-state index >= 15 is 0 Å². The summed E-state index contributed by atoms with van der Waals surface area (Å²) in [5.74, 6) is 6.68. The second-order valence-corrected chi connectivity index (χ2v) is 9.03. The Balaban J connectivity index is 1.39. The molecule has 0 aliphatic carbocycles. The highest BCUT2D eigenvalue weighted by atomic mass is 16.5. The average molecular weight is 478 g/mol. The molecule has 1 aliphatic heterocycles. The normalized spacial score (nSPS) is 19.1. The van der Waals surface area contributed by atoms with Crippen molar-refractivity contribution < 1.29 is 24.2 Å². The van der Waals surface area contributed by atoms with Gasteiger partial charge in [0.1, 0.15) is 12.0 Å². The van der Waals surface area contributed by atoms with E-state index in [0.717, 1.165) is 48.1 Å². The van der Waals surface area contributed by atoms with Crippen molar-refractivity contribution in [3.63, 3.8) is 0 Å². The van der Waals surface area contributed by atoms with Gasteiger partial charge in [-0.15, -0.1) is 0 Å². The van der Waals surface area contributed by atoms with E-state index < -0.39 is 12.1 Å². The molecule has 3 atom stereocenters. The summed E-state index contributed by atoms with van der Waals surface area (Å²) in [6, 6.07) is 7.54. The fourth-order valence-electron chi connectivity index (χ4n) is 4.92. The van der Waals surface area contributed by atoms with Gasteiger partial charge in [0.15, 0.2) is 12.1 Å². The maximum atomic E-state index is 11.3. The van der Waals surface area contributed by atoms with Crippen LogP contribution in [0.15, 0.2) is 47.5 Å². The molecular formula is C27H31N3O5. The van der Waals surface area contributed by atoms with E-state index in [0.29, 0.717) is 31.0 Å². The predicted octanol–water partition coefficient (Wildman–Crippen LogP) is 3.90. The Hall–Kier alpha value is -3.41. The molecule has 1 aromatic carbocycles. The van der Waals surface area contributed by atoms with Crippen LogP contribution in [-0.2, 0) is 4.79 Å². The number of rotatable bonds is 9. The van der Waals surface area contributed by atoms with E-state index in [4.69, 9.17) is 9.15 Å². The number of aliphatic hydroxyl groups is 1. The van der Waals surface area contributed by atoms with Crippen molar-refractivity contribution in [2.24, 2.45) is 11.8 Å². The standard InChI is InChI=1S/C27H31N3O5/c1-34-22-6-7-25-24(15-22)23(10-12-28-25)26(31)8-4-19-11-14-30(16-20(19)5-9-27(32)33)13-2-3-21-17-35-18-29-21/h6-7,10,12,15,17-20,26,31H,4-5,8-9,11,13-14,16H2,1H3,(H,32,33)/t19?,20?,26-/m0/s1. The lowest BCUT2D eigenvalue weighted by Crippen LogP contribution is -2.41. The minimum atomic E-state index is -0.774. The smallest absolute Gasteiger partial charge is 0.303 e. The van der Waals surface area contributed by atoms with Crippen molar-refractivity contribution in [2.75, 3.05) is 26.7 Å². The third-order valence-electron chi connectivity index (χ3n) is 6.81. The fourth-order valence-corrected chi connectivity index (χ4v) is 4.92. The van der Waals surface area contributed by atoms with Gasteiger partial charge in [0.25, 0.3) is 0 Å². The Morgan fingerprint density at radius 2 is 2.17 bits per heavy atom. The first kappa shape index (κ1) is 24.7. The number of piperidine rings is 1. The summed E-state index contributed by atoms with van der Waals surface area (Å²) in [6.45, 7) is 2.31. The highest BCUT2D eigenvalue weighted by Gasteiger charge is 2.30. The van der Waals surface area contributed by atoms with Crippen molar-refractivity contribution in [3.05, 3.63) is 54.4 Å². The molecule has 3 aromatic rings. The molecule has 0 bridgehead atoms. The molecule has 2 N–H and O–H groups in total. The summed E-state index contributed by atoms with van der Waals surface area (Å²) in [7, 11) is 1.62. The third-order valence-corrected chi connectivity index (χ3v) is 6.81.